The van der Waals surface area contributed by atoms with Crippen LogP contribution in [0.5, 0.6) is 5.75 Å². The van der Waals surface area contributed by atoms with Crippen molar-refractivity contribution in [2.24, 2.45) is 4.99 Å². The smallest absolute Gasteiger partial charge is 0.256 e. The first kappa shape index (κ1) is 20.9. The average Bonchev–Trinajstić information content (AvgIpc) is 2.76. The molecule has 1 fully saturated rings. The summed E-state index contributed by atoms with van der Waals surface area (Å²) in [5.41, 5.74) is 2.04. The molecule has 2 heterocycles. The third-order valence-electron chi connectivity index (χ3n) is 4.44. The molecule has 1 aromatic rings. The van der Waals surface area contributed by atoms with Crippen LogP contribution in [-0.2, 0) is 14.3 Å². The highest BCUT2D eigenvalue weighted by Crippen LogP contribution is 2.46. The van der Waals surface area contributed by atoms with E-state index in [-0.39, 0.29) is 5.57 Å². The molecule has 0 aromatic heterocycles. The number of fused-ring (bicyclic) bond motifs is 1. The van der Waals surface area contributed by atoms with E-state index in [9.17, 15) is 9.59 Å². The van der Waals surface area contributed by atoms with E-state index in [2.05, 4.69) is 20.5 Å². The minimum Gasteiger partial charge on any atom is -0.494 e. The van der Waals surface area contributed by atoms with Gasteiger partial charge < -0.3 is 25.0 Å². The van der Waals surface area contributed by atoms with E-state index < -0.39 is 5.91 Å². The van der Waals surface area contributed by atoms with Crippen molar-refractivity contribution in [3.05, 3.63) is 36.1 Å². The van der Waals surface area contributed by atoms with E-state index in [1.54, 1.807) is 32.1 Å². The molecule has 2 aliphatic heterocycles. The number of rotatable bonds is 6. The van der Waals surface area contributed by atoms with E-state index in [1.165, 1.54) is 12.2 Å². The van der Waals surface area contributed by atoms with Gasteiger partial charge in [-0.3, -0.25) is 9.59 Å². The Balaban J connectivity index is 1.88. The number of amides is 1. The molecule has 1 amide bonds. The SMILES string of the molecule is CN/C=C\C(=C/C=O)C(=O)NC1=Nc2c(OC)ccc(N3CCOCC3)c2SC1. The van der Waals surface area contributed by atoms with Crippen LogP contribution in [0, 0.1) is 0 Å². The predicted molar refractivity (Wildman–Crippen MR) is 114 cm³/mol. The summed E-state index contributed by atoms with van der Waals surface area (Å²) < 4.78 is 10.9. The van der Waals surface area contributed by atoms with Gasteiger partial charge in [-0.25, -0.2) is 4.99 Å². The predicted octanol–water partition coefficient (Wildman–Crippen LogP) is 1.64. The fraction of sp³-hybridized carbons (Fsp3) is 0.350. The lowest BCUT2D eigenvalue weighted by molar-refractivity contribution is -0.116. The second kappa shape index (κ2) is 10.1. The van der Waals surface area contributed by atoms with E-state index >= 15 is 0 Å². The maximum absolute atomic E-state index is 12.5. The van der Waals surface area contributed by atoms with Gasteiger partial charge in [0.05, 0.1) is 36.7 Å². The summed E-state index contributed by atoms with van der Waals surface area (Å²) in [6, 6.07) is 3.94. The molecule has 0 unspecified atom stereocenters. The number of amidine groups is 1. The first-order chi connectivity index (χ1) is 14.2. The number of anilines is 1. The highest BCUT2D eigenvalue weighted by atomic mass is 32.2. The zero-order chi connectivity index (χ0) is 20.6. The number of morpholine rings is 1. The summed E-state index contributed by atoms with van der Waals surface area (Å²) in [7, 11) is 3.31. The molecule has 0 bridgehead atoms. The number of allylic oxidation sites excluding steroid dienone is 1. The summed E-state index contributed by atoms with van der Waals surface area (Å²) in [6.45, 7) is 3.04. The lowest BCUT2D eigenvalue weighted by Crippen LogP contribution is -2.37. The van der Waals surface area contributed by atoms with Crippen LogP contribution < -0.4 is 20.3 Å². The Hall–Kier alpha value is -2.78. The summed E-state index contributed by atoms with van der Waals surface area (Å²) >= 11 is 1.60. The standard InChI is InChI=1S/C20H24N4O4S/c1-21-7-5-14(6-10-25)20(26)23-17-13-29-19-15(24-8-11-28-12-9-24)3-4-16(27-2)18(19)22-17/h3-7,10,21H,8-9,11-13H2,1-2H3,(H,22,23,26)/b7-5-,14-6+. The van der Waals surface area contributed by atoms with Crippen LogP contribution in [0.4, 0.5) is 11.4 Å². The molecule has 0 spiro atoms. The molecule has 1 saturated heterocycles. The second-order valence-electron chi connectivity index (χ2n) is 6.25. The lowest BCUT2D eigenvalue weighted by Gasteiger charge is -2.32. The van der Waals surface area contributed by atoms with Crippen LogP contribution >= 0.6 is 11.8 Å². The molecule has 8 nitrogen and oxygen atoms in total. The number of hydrogen-bond donors (Lipinski definition) is 2. The first-order valence-electron chi connectivity index (χ1n) is 9.22. The maximum Gasteiger partial charge on any atom is 0.256 e. The zero-order valence-corrected chi connectivity index (χ0v) is 17.3. The van der Waals surface area contributed by atoms with Gasteiger partial charge in [0.2, 0.25) is 0 Å². The fourth-order valence-electron chi connectivity index (χ4n) is 3.04. The summed E-state index contributed by atoms with van der Waals surface area (Å²) in [5.74, 6) is 1.27. The zero-order valence-electron chi connectivity index (χ0n) is 16.4. The molecule has 2 aliphatic rings. The van der Waals surface area contributed by atoms with E-state index in [4.69, 9.17) is 9.47 Å². The Bertz CT molecular complexity index is 860. The number of nitrogens with one attached hydrogen (secondary N) is 2. The van der Waals surface area contributed by atoms with Crippen LogP contribution in [0.2, 0.25) is 0 Å². The number of nitrogens with zero attached hydrogens (tertiary/aromatic N) is 2. The third-order valence-corrected chi connectivity index (χ3v) is 5.55. The number of aliphatic imine (C=N–C) groups is 1. The number of carbonyl (C=O) groups excluding carboxylic acids is 2. The average molecular weight is 417 g/mol. The lowest BCUT2D eigenvalue weighted by atomic mass is 10.2. The second-order valence-corrected chi connectivity index (χ2v) is 7.23. The molecule has 2 N–H and O–H groups in total. The highest BCUT2D eigenvalue weighted by Gasteiger charge is 2.25. The molecule has 3 rings (SSSR count). The van der Waals surface area contributed by atoms with Crippen molar-refractivity contribution >= 4 is 41.2 Å². The van der Waals surface area contributed by atoms with E-state index in [0.29, 0.717) is 42.5 Å². The Labute approximate surface area is 174 Å². The van der Waals surface area contributed by atoms with Crippen LogP contribution in [-0.4, -0.2) is 64.2 Å². The van der Waals surface area contributed by atoms with E-state index in [0.717, 1.165) is 23.7 Å². The Morgan fingerprint density at radius 2 is 2.14 bits per heavy atom. The molecular formula is C20H24N4O4S. The first-order valence-corrected chi connectivity index (χ1v) is 10.2. The van der Waals surface area contributed by atoms with Gasteiger partial charge in [-0.1, -0.05) is 0 Å². The van der Waals surface area contributed by atoms with Crippen LogP contribution in [0.15, 0.2) is 45.9 Å². The molecule has 1 aromatic carbocycles. The number of ether oxygens (including phenoxy) is 2. The Morgan fingerprint density at radius 3 is 2.83 bits per heavy atom. The van der Waals surface area contributed by atoms with Gasteiger partial charge in [0.25, 0.3) is 5.91 Å². The maximum atomic E-state index is 12.5. The van der Waals surface area contributed by atoms with Crippen molar-refractivity contribution in [2.75, 3.05) is 51.1 Å². The summed E-state index contributed by atoms with van der Waals surface area (Å²) in [4.78, 5) is 31.3. The molecule has 9 heteroatoms. The Morgan fingerprint density at radius 1 is 1.34 bits per heavy atom. The van der Waals surface area contributed by atoms with Crippen molar-refractivity contribution in [3.63, 3.8) is 0 Å². The fourth-order valence-corrected chi connectivity index (χ4v) is 4.08. The van der Waals surface area contributed by atoms with Crippen molar-refractivity contribution in [3.8, 4) is 5.75 Å². The highest BCUT2D eigenvalue weighted by molar-refractivity contribution is 8.00. The third kappa shape index (κ3) is 4.99. The molecule has 0 radical (unpaired) electrons. The van der Waals surface area contributed by atoms with Gasteiger partial charge in [0.15, 0.2) is 0 Å². The summed E-state index contributed by atoms with van der Waals surface area (Å²) in [5, 5.41) is 5.60. The number of carbonyl (C=O) groups is 2. The van der Waals surface area contributed by atoms with Crippen molar-refractivity contribution < 1.29 is 19.1 Å². The number of benzene rings is 1. The topological polar surface area (TPSA) is 92.3 Å². The molecule has 154 valence electrons. The van der Waals surface area contributed by atoms with Gasteiger partial charge in [0, 0.05) is 25.7 Å². The van der Waals surface area contributed by atoms with Gasteiger partial charge >= 0.3 is 0 Å². The van der Waals surface area contributed by atoms with E-state index in [1.807, 2.05) is 12.1 Å². The minimum atomic E-state index is -0.394. The molecule has 0 aliphatic carbocycles. The molecule has 29 heavy (non-hydrogen) atoms. The largest absolute Gasteiger partial charge is 0.494 e. The number of hydrogen-bond acceptors (Lipinski definition) is 8. The number of aldehydes is 1. The van der Waals surface area contributed by atoms with Crippen LogP contribution in [0.1, 0.15) is 0 Å². The van der Waals surface area contributed by atoms with Gasteiger partial charge in [0.1, 0.15) is 23.6 Å². The van der Waals surface area contributed by atoms with Crippen molar-refractivity contribution in [1.29, 1.82) is 0 Å². The van der Waals surface area contributed by atoms with Gasteiger partial charge in [-0.15, -0.1) is 11.8 Å². The van der Waals surface area contributed by atoms with Crippen LogP contribution in [0.3, 0.4) is 0 Å². The molecular weight excluding hydrogens is 392 g/mol. The molecule has 0 saturated carbocycles. The van der Waals surface area contributed by atoms with Crippen LogP contribution in [0.25, 0.3) is 0 Å². The Kier molecular flexibility index (Phi) is 7.31. The normalized spacial score (nSPS) is 16.8. The van der Waals surface area contributed by atoms with Gasteiger partial charge in [-0.2, -0.15) is 0 Å². The van der Waals surface area contributed by atoms with Crippen molar-refractivity contribution in [1.82, 2.24) is 10.6 Å². The molecule has 0 atom stereocenters. The van der Waals surface area contributed by atoms with Crippen molar-refractivity contribution in [2.45, 2.75) is 4.90 Å². The minimum absolute atomic E-state index is 0.238. The number of methoxy groups -OCH3 is 1. The van der Waals surface area contributed by atoms with Gasteiger partial charge in [-0.05, 0) is 30.5 Å². The number of thioether (sulfide) groups is 1. The summed E-state index contributed by atoms with van der Waals surface area (Å²) in [6.07, 6.45) is 4.91. The quantitative estimate of drug-likeness (QED) is 0.414. The monoisotopic (exact) mass is 416 g/mol.